The van der Waals surface area contributed by atoms with Crippen LogP contribution in [0, 0.1) is 0 Å². The summed E-state index contributed by atoms with van der Waals surface area (Å²) in [5.74, 6) is 0. The molecule has 0 fully saturated rings. The summed E-state index contributed by atoms with van der Waals surface area (Å²) in [6, 6.07) is 4.82. The third-order valence-corrected chi connectivity index (χ3v) is 3.49. The molecule has 1 aromatic carbocycles. The zero-order valence-corrected chi connectivity index (χ0v) is 11.7. The molecule has 0 nitrogen and oxygen atoms in total. The van der Waals surface area contributed by atoms with Crippen LogP contribution in [0.5, 0.6) is 0 Å². The van der Waals surface area contributed by atoms with Crippen molar-refractivity contribution in [1.82, 2.24) is 0 Å². The number of benzene rings is 1. The van der Waals surface area contributed by atoms with Gasteiger partial charge < -0.3 is 0 Å². The highest BCUT2D eigenvalue weighted by Gasteiger charge is 2.07. The molecule has 0 radical (unpaired) electrons. The van der Waals surface area contributed by atoms with Gasteiger partial charge in [-0.25, -0.2) is 0 Å². The lowest BCUT2D eigenvalue weighted by atomic mass is 9.91. The van der Waals surface area contributed by atoms with E-state index in [4.69, 9.17) is 0 Å². The molecule has 0 N–H and O–H groups in total. The molecule has 0 aliphatic heterocycles. The maximum atomic E-state index is 3.80. The molecular formula is C17H26. The second-order valence-electron chi connectivity index (χ2n) is 4.63. The largest absolute Gasteiger partial charge is 0.103 e. The molecule has 0 bridgehead atoms. The van der Waals surface area contributed by atoms with Crippen molar-refractivity contribution in [3.63, 3.8) is 0 Å². The van der Waals surface area contributed by atoms with Gasteiger partial charge in [-0.3, -0.25) is 0 Å². The van der Waals surface area contributed by atoms with Crippen molar-refractivity contribution in [3.8, 4) is 0 Å². The van der Waals surface area contributed by atoms with Crippen molar-refractivity contribution in [2.24, 2.45) is 0 Å². The maximum Gasteiger partial charge on any atom is -0.0273 e. The van der Waals surface area contributed by atoms with Crippen molar-refractivity contribution in [3.05, 3.63) is 47.0 Å². The number of allylic oxidation sites excluding steroid dienone is 1. The van der Waals surface area contributed by atoms with E-state index in [1.807, 2.05) is 6.08 Å². The van der Waals surface area contributed by atoms with Crippen LogP contribution in [0.1, 0.15) is 55.9 Å². The first-order chi connectivity index (χ1) is 8.26. The average Bonchev–Trinajstić information content (AvgIpc) is 2.37. The standard InChI is InChI=1S/C17H26/c1-5-9-10-11-16-13-14(6-2)12-15(7-3)17(16)8-4/h5,12-13H,1,6-11H2,2-4H3. The van der Waals surface area contributed by atoms with Gasteiger partial charge >= 0.3 is 0 Å². The summed E-state index contributed by atoms with van der Waals surface area (Å²) in [6.07, 6.45) is 9.05. The van der Waals surface area contributed by atoms with E-state index in [0.29, 0.717) is 0 Å². The van der Waals surface area contributed by atoms with Crippen LogP contribution in [-0.2, 0) is 25.7 Å². The van der Waals surface area contributed by atoms with Crippen molar-refractivity contribution in [2.75, 3.05) is 0 Å². The molecule has 1 aromatic rings. The molecule has 0 spiro atoms. The SMILES string of the molecule is C=CCCCc1cc(CC)cc(CC)c1CC. The smallest absolute Gasteiger partial charge is 0.0273 e. The van der Waals surface area contributed by atoms with Crippen LogP contribution in [0.15, 0.2) is 24.8 Å². The summed E-state index contributed by atoms with van der Waals surface area (Å²) in [6.45, 7) is 10.6. The lowest BCUT2D eigenvalue weighted by molar-refractivity contribution is 0.823. The molecule has 0 aliphatic rings. The molecule has 1 rings (SSSR count). The van der Waals surface area contributed by atoms with Crippen LogP contribution in [0.2, 0.25) is 0 Å². The van der Waals surface area contributed by atoms with Gasteiger partial charge in [0.25, 0.3) is 0 Å². The minimum atomic E-state index is 1.13. The summed E-state index contributed by atoms with van der Waals surface area (Å²) < 4.78 is 0. The molecule has 17 heavy (non-hydrogen) atoms. The van der Waals surface area contributed by atoms with Gasteiger partial charge in [0.1, 0.15) is 0 Å². The Kier molecular flexibility index (Phi) is 6.04. The first-order valence-electron chi connectivity index (χ1n) is 7.01. The van der Waals surface area contributed by atoms with E-state index in [9.17, 15) is 0 Å². The van der Waals surface area contributed by atoms with E-state index in [2.05, 4.69) is 39.5 Å². The van der Waals surface area contributed by atoms with Crippen LogP contribution >= 0.6 is 0 Å². The third kappa shape index (κ3) is 3.73. The van der Waals surface area contributed by atoms with Gasteiger partial charge in [-0.1, -0.05) is 39.0 Å². The predicted molar refractivity (Wildman–Crippen MR) is 77.7 cm³/mol. The van der Waals surface area contributed by atoms with Gasteiger partial charge in [0.05, 0.1) is 0 Å². The molecule has 0 aromatic heterocycles. The Morgan fingerprint density at radius 2 is 1.71 bits per heavy atom. The first-order valence-corrected chi connectivity index (χ1v) is 7.01. The number of aryl methyl sites for hydroxylation is 3. The molecule has 94 valence electrons. The minimum Gasteiger partial charge on any atom is -0.103 e. The molecule has 0 amide bonds. The maximum absolute atomic E-state index is 3.80. The van der Waals surface area contributed by atoms with E-state index >= 15 is 0 Å². The Balaban J connectivity index is 3.01. The minimum absolute atomic E-state index is 1.13. The lowest BCUT2D eigenvalue weighted by Gasteiger charge is -2.15. The van der Waals surface area contributed by atoms with Crippen LogP contribution in [-0.4, -0.2) is 0 Å². The van der Waals surface area contributed by atoms with Crippen LogP contribution in [0.3, 0.4) is 0 Å². The molecule has 0 saturated carbocycles. The predicted octanol–water partition coefficient (Wildman–Crippen LogP) is 4.88. The summed E-state index contributed by atoms with van der Waals surface area (Å²) >= 11 is 0. The van der Waals surface area contributed by atoms with E-state index in [1.165, 1.54) is 18.4 Å². The van der Waals surface area contributed by atoms with Gasteiger partial charge in [0.2, 0.25) is 0 Å². The zero-order chi connectivity index (χ0) is 12.7. The Hall–Kier alpha value is -1.04. The van der Waals surface area contributed by atoms with Crippen LogP contribution in [0.4, 0.5) is 0 Å². The highest BCUT2D eigenvalue weighted by Crippen LogP contribution is 2.21. The van der Waals surface area contributed by atoms with Crippen LogP contribution in [0.25, 0.3) is 0 Å². The van der Waals surface area contributed by atoms with E-state index < -0.39 is 0 Å². The quantitative estimate of drug-likeness (QED) is 0.462. The number of rotatable bonds is 7. The highest BCUT2D eigenvalue weighted by molar-refractivity contribution is 5.39. The molecular weight excluding hydrogens is 204 g/mol. The van der Waals surface area contributed by atoms with E-state index in [-0.39, 0.29) is 0 Å². The van der Waals surface area contributed by atoms with Gasteiger partial charge in [-0.2, -0.15) is 0 Å². The van der Waals surface area contributed by atoms with Crippen molar-refractivity contribution in [2.45, 2.75) is 59.3 Å². The molecule has 0 heteroatoms. The number of unbranched alkanes of at least 4 members (excludes halogenated alkanes) is 1. The Morgan fingerprint density at radius 1 is 1.00 bits per heavy atom. The molecule has 0 aliphatic carbocycles. The van der Waals surface area contributed by atoms with Crippen LogP contribution < -0.4 is 0 Å². The molecule has 0 saturated heterocycles. The molecule has 0 atom stereocenters. The number of hydrogen-bond donors (Lipinski definition) is 0. The van der Waals surface area contributed by atoms with Gasteiger partial charge in [-0.05, 0) is 60.8 Å². The Labute approximate surface area is 107 Å². The second kappa shape index (κ2) is 7.32. The highest BCUT2D eigenvalue weighted by atomic mass is 14.1. The van der Waals surface area contributed by atoms with Crippen molar-refractivity contribution >= 4 is 0 Å². The Morgan fingerprint density at radius 3 is 2.24 bits per heavy atom. The summed E-state index contributed by atoms with van der Waals surface area (Å²) in [5, 5.41) is 0. The zero-order valence-electron chi connectivity index (χ0n) is 11.7. The van der Waals surface area contributed by atoms with Crippen molar-refractivity contribution < 1.29 is 0 Å². The summed E-state index contributed by atoms with van der Waals surface area (Å²) in [7, 11) is 0. The van der Waals surface area contributed by atoms with E-state index in [1.54, 1.807) is 16.7 Å². The van der Waals surface area contributed by atoms with Gasteiger partial charge in [0, 0.05) is 0 Å². The first kappa shape index (κ1) is 14.0. The van der Waals surface area contributed by atoms with Gasteiger partial charge in [-0.15, -0.1) is 6.58 Å². The van der Waals surface area contributed by atoms with Gasteiger partial charge in [0.15, 0.2) is 0 Å². The molecule has 0 heterocycles. The summed E-state index contributed by atoms with van der Waals surface area (Å²) in [5.41, 5.74) is 6.22. The third-order valence-electron chi connectivity index (χ3n) is 3.49. The van der Waals surface area contributed by atoms with Crippen molar-refractivity contribution in [1.29, 1.82) is 0 Å². The summed E-state index contributed by atoms with van der Waals surface area (Å²) in [4.78, 5) is 0. The fourth-order valence-corrected chi connectivity index (χ4v) is 2.50. The lowest BCUT2D eigenvalue weighted by Crippen LogP contribution is -2.01. The normalized spacial score (nSPS) is 10.5. The van der Waals surface area contributed by atoms with E-state index in [0.717, 1.165) is 25.7 Å². The molecule has 0 unspecified atom stereocenters. The topological polar surface area (TPSA) is 0 Å². The fraction of sp³-hybridized carbons (Fsp3) is 0.529. The Bertz CT molecular complexity index is 361. The number of hydrogen-bond acceptors (Lipinski definition) is 0. The second-order valence-corrected chi connectivity index (χ2v) is 4.63. The monoisotopic (exact) mass is 230 g/mol. The fourth-order valence-electron chi connectivity index (χ4n) is 2.50. The average molecular weight is 230 g/mol.